The molecule has 1 aromatic rings. The predicted molar refractivity (Wildman–Crippen MR) is 79.2 cm³/mol. The number of alkyl halides is 3. The average Bonchev–Trinajstić information content (AvgIpc) is 2.38. The molecule has 0 atom stereocenters. The van der Waals surface area contributed by atoms with Gasteiger partial charge in [-0.25, -0.2) is 9.59 Å². The van der Waals surface area contributed by atoms with Crippen molar-refractivity contribution in [3.05, 3.63) is 40.6 Å². The normalized spacial score (nSPS) is 17.2. The van der Waals surface area contributed by atoms with Crippen LogP contribution in [0.1, 0.15) is 19.4 Å². The van der Waals surface area contributed by atoms with E-state index in [9.17, 15) is 22.8 Å². The first-order chi connectivity index (χ1) is 11.0. The van der Waals surface area contributed by atoms with Gasteiger partial charge in [-0.2, -0.15) is 13.2 Å². The van der Waals surface area contributed by atoms with Crippen LogP contribution < -0.4 is 5.32 Å². The molecule has 1 saturated heterocycles. The third-order valence-corrected chi connectivity index (χ3v) is 3.25. The van der Waals surface area contributed by atoms with E-state index < -0.39 is 35.9 Å². The largest absolute Gasteiger partial charge is 0.419 e. The zero-order chi connectivity index (χ0) is 18.1. The van der Waals surface area contributed by atoms with Gasteiger partial charge in [0.05, 0.1) is 17.1 Å². The second-order valence-electron chi connectivity index (χ2n) is 5.49. The Morgan fingerprint density at radius 3 is 2.33 bits per heavy atom. The van der Waals surface area contributed by atoms with Gasteiger partial charge in [0, 0.05) is 20.0 Å². The summed E-state index contributed by atoms with van der Waals surface area (Å²) in [5.74, 6) is -3.20. The number of esters is 2. The van der Waals surface area contributed by atoms with Crippen LogP contribution in [0, 0.1) is 0 Å². The van der Waals surface area contributed by atoms with E-state index in [0.717, 1.165) is 6.20 Å². The van der Waals surface area contributed by atoms with E-state index in [2.05, 4.69) is 5.32 Å². The highest BCUT2D eigenvalue weighted by Crippen LogP contribution is 2.28. The first-order valence-electron chi connectivity index (χ1n) is 6.75. The molecule has 2 rings (SSSR count). The van der Waals surface area contributed by atoms with Crippen molar-refractivity contribution in [2.45, 2.75) is 32.2 Å². The number of hydrogen-bond acceptors (Lipinski definition) is 5. The minimum absolute atomic E-state index is 0.0252. The molecule has 0 unspecified atom stereocenters. The molecule has 5 nitrogen and oxygen atoms in total. The summed E-state index contributed by atoms with van der Waals surface area (Å²) in [7, 11) is 0. The third kappa shape index (κ3) is 4.64. The van der Waals surface area contributed by atoms with Gasteiger partial charge in [-0.1, -0.05) is 17.7 Å². The molecule has 9 heteroatoms. The smallest absolute Gasteiger partial charge is 0.393 e. The van der Waals surface area contributed by atoms with E-state index in [1.165, 1.54) is 32.0 Å². The second-order valence-corrected chi connectivity index (χ2v) is 5.89. The number of nitrogens with one attached hydrogen (secondary N) is 1. The van der Waals surface area contributed by atoms with E-state index in [-0.39, 0.29) is 16.3 Å². The average molecular weight is 364 g/mol. The number of carbonyl (C=O) groups excluding carboxylic acids is 2. The highest BCUT2D eigenvalue weighted by molar-refractivity contribution is 6.33. The number of carbonyl (C=O) groups is 2. The molecule has 1 aromatic carbocycles. The summed E-state index contributed by atoms with van der Waals surface area (Å²) < 4.78 is 47.1. The van der Waals surface area contributed by atoms with E-state index >= 15 is 0 Å². The van der Waals surface area contributed by atoms with Gasteiger partial charge in [-0.15, -0.1) is 0 Å². The molecule has 0 aliphatic carbocycles. The van der Waals surface area contributed by atoms with Gasteiger partial charge >= 0.3 is 18.1 Å². The molecule has 0 radical (unpaired) electrons. The number of halogens is 4. The Balaban J connectivity index is 2.20. The number of rotatable bonds is 3. The Labute approximate surface area is 140 Å². The zero-order valence-electron chi connectivity index (χ0n) is 12.7. The number of cyclic esters (lactones) is 2. The monoisotopic (exact) mass is 363 g/mol. The van der Waals surface area contributed by atoms with Crippen LogP contribution in [0.25, 0.3) is 0 Å². The molecule has 0 aromatic heterocycles. The lowest BCUT2D eigenvalue weighted by molar-refractivity contribution is -0.222. The van der Waals surface area contributed by atoms with Crippen LogP contribution in [0.4, 0.5) is 18.9 Å². The fraction of sp³-hybridized carbons (Fsp3) is 0.333. The SMILES string of the molecule is CC1(C)OC(=O)C(=CNc2cc(CC(F)(F)F)ccc2Cl)C(=O)O1. The van der Waals surface area contributed by atoms with E-state index in [0.29, 0.717) is 0 Å². The van der Waals surface area contributed by atoms with Crippen molar-refractivity contribution < 1.29 is 32.2 Å². The summed E-state index contributed by atoms with van der Waals surface area (Å²) in [6.45, 7) is 2.79. The fourth-order valence-corrected chi connectivity index (χ4v) is 2.12. The summed E-state index contributed by atoms with van der Waals surface area (Å²) in [6.07, 6.45) is -4.52. The maximum Gasteiger partial charge on any atom is 0.393 e. The number of hydrogen-bond donors (Lipinski definition) is 1. The topological polar surface area (TPSA) is 64.6 Å². The van der Waals surface area contributed by atoms with Crippen molar-refractivity contribution in [1.29, 1.82) is 0 Å². The van der Waals surface area contributed by atoms with Crippen LogP contribution in [0.15, 0.2) is 30.0 Å². The number of anilines is 1. The molecule has 1 N–H and O–H groups in total. The molecule has 1 aliphatic heterocycles. The zero-order valence-corrected chi connectivity index (χ0v) is 13.4. The number of ether oxygens (including phenoxy) is 2. The van der Waals surface area contributed by atoms with Crippen molar-refractivity contribution in [1.82, 2.24) is 0 Å². The summed E-state index contributed by atoms with van der Waals surface area (Å²) in [4.78, 5) is 23.5. The molecule has 0 spiro atoms. The van der Waals surface area contributed by atoms with Crippen molar-refractivity contribution in [3.8, 4) is 0 Å². The van der Waals surface area contributed by atoms with Gasteiger partial charge in [0.25, 0.3) is 5.79 Å². The minimum Gasteiger partial charge on any atom is -0.419 e. The first-order valence-corrected chi connectivity index (χ1v) is 7.13. The third-order valence-electron chi connectivity index (χ3n) is 2.92. The molecule has 130 valence electrons. The summed E-state index contributed by atoms with van der Waals surface area (Å²) in [6, 6.07) is 3.69. The Kier molecular flexibility index (Phi) is 4.80. The Bertz CT molecular complexity index is 691. The minimum atomic E-state index is -4.37. The predicted octanol–water partition coefficient (Wildman–Crippen LogP) is 3.58. The van der Waals surface area contributed by atoms with Crippen LogP contribution in [0.3, 0.4) is 0 Å². The van der Waals surface area contributed by atoms with Crippen molar-refractivity contribution in [3.63, 3.8) is 0 Å². The maximum atomic E-state index is 12.4. The Morgan fingerprint density at radius 1 is 1.21 bits per heavy atom. The molecule has 1 fully saturated rings. The van der Waals surface area contributed by atoms with Gasteiger partial charge < -0.3 is 14.8 Å². The Morgan fingerprint density at radius 2 is 1.79 bits per heavy atom. The quantitative estimate of drug-likeness (QED) is 0.505. The van der Waals surface area contributed by atoms with Gasteiger partial charge in [0.1, 0.15) is 0 Å². The van der Waals surface area contributed by atoms with E-state index in [1.807, 2.05) is 0 Å². The molecule has 0 amide bonds. The molecule has 0 bridgehead atoms. The summed E-state index contributed by atoms with van der Waals surface area (Å²) in [5, 5.41) is 2.65. The molecule has 0 saturated carbocycles. The molecular weight excluding hydrogens is 351 g/mol. The van der Waals surface area contributed by atoms with E-state index in [4.69, 9.17) is 21.1 Å². The van der Waals surface area contributed by atoms with Crippen LogP contribution in [0.5, 0.6) is 0 Å². The summed E-state index contributed by atoms with van der Waals surface area (Å²) in [5.41, 5.74) is -0.342. The van der Waals surface area contributed by atoms with Gasteiger partial charge in [-0.05, 0) is 17.7 Å². The lowest BCUT2D eigenvalue weighted by Crippen LogP contribution is -2.42. The Hall–Kier alpha value is -2.22. The fourth-order valence-electron chi connectivity index (χ4n) is 1.95. The van der Waals surface area contributed by atoms with Crippen molar-refractivity contribution >= 4 is 29.2 Å². The number of benzene rings is 1. The second kappa shape index (κ2) is 6.35. The standard InChI is InChI=1S/C15H13ClF3NO4/c1-14(2)23-12(21)9(13(22)24-14)7-20-11-5-8(3-4-10(11)16)6-15(17,18)19/h3-5,7,20H,6H2,1-2H3. The maximum absolute atomic E-state index is 12.4. The lowest BCUT2D eigenvalue weighted by Gasteiger charge is -2.29. The first kappa shape index (κ1) is 18.1. The molecule has 1 heterocycles. The van der Waals surface area contributed by atoms with Crippen LogP contribution >= 0.6 is 11.6 Å². The van der Waals surface area contributed by atoms with Gasteiger partial charge in [0.15, 0.2) is 5.57 Å². The van der Waals surface area contributed by atoms with Crippen LogP contribution in [0.2, 0.25) is 5.02 Å². The highest BCUT2D eigenvalue weighted by atomic mass is 35.5. The van der Waals surface area contributed by atoms with Crippen LogP contribution in [-0.2, 0) is 25.5 Å². The highest BCUT2D eigenvalue weighted by Gasteiger charge is 2.39. The molecule has 1 aliphatic rings. The lowest BCUT2D eigenvalue weighted by atomic mass is 10.1. The van der Waals surface area contributed by atoms with Gasteiger partial charge in [-0.3, -0.25) is 0 Å². The van der Waals surface area contributed by atoms with Crippen molar-refractivity contribution in [2.24, 2.45) is 0 Å². The van der Waals surface area contributed by atoms with Crippen LogP contribution in [-0.4, -0.2) is 23.9 Å². The van der Waals surface area contributed by atoms with Crippen molar-refractivity contribution in [2.75, 3.05) is 5.32 Å². The van der Waals surface area contributed by atoms with Gasteiger partial charge in [0.2, 0.25) is 0 Å². The molecule has 24 heavy (non-hydrogen) atoms. The molecular formula is C15H13ClF3NO4. The van der Waals surface area contributed by atoms with E-state index in [1.54, 1.807) is 0 Å². The summed E-state index contributed by atoms with van der Waals surface area (Å²) >= 11 is 5.90.